The predicted molar refractivity (Wildman–Crippen MR) is 105 cm³/mol. The highest BCUT2D eigenvalue weighted by molar-refractivity contribution is 7.91. The van der Waals surface area contributed by atoms with Crippen LogP contribution >= 0.6 is 0 Å². The molecule has 2 aromatic rings. The maximum Gasteiger partial charge on any atom is 0.309 e. The Hall–Kier alpha value is -2.61. The summed E-state index contributed by atoms with van der Waals surface area (Å²) in [5, 5.41) is 3.76. The first kappa shape index (κ1) is 21.7. The molecule has 0 radical (unpaired) electrons. The minimum atomic E-state index is -3.85. The molecule has 1 aromatic heterocycles. The lowest BCUT2D eigenvalue weighted by molar-refractivity contribution is -0.139. The van der Waals surface area contributed by atoms with Gasteiger partial charge in [-0.15, -0.1) is 0 Å². The van der Waals surface area contributed by atoms with Crippen LogP contribution in [-0.2, 0) is 19.4 Å². The van der Waals surface area contributed by atoms with E-state index in [2.05, 4.69) is 10.6 Å². The molecular weight excluding hydrogens is 380 g/mol. The van der Waals surface area contributed by atoms with Gasteiger partial charge in [0.2, 0.25) is 0 Å². The lowest BCUT2D eigenvalue weighted by Gasteiger charge is -2.17. The summed E-state index contributed by atoms with van der Waals surface area (Å²) >= 11 is 0. The largest absolute Gasteiger partial charge is 0.468 e. The molecule has 1 aromatic carbocycles. The van der Waals surface area contributed by atoms with Crippen LogP contribution in [-0.4, -0.2) is 33.3 Å². The Labute approximate surface area is 165 Å². The van der Waals surface area contributed by atoms with Gasteiger partial charge in [0.05, 0.1) is 11.2 Å². The van der Waals surface area contributed by atoms with E-state index in [9.17, 15) is 18.0 Å². The number of carbonyl (C=O) groups is 2. The number of aryl methyl sites for hydroxylation is 2. The average Bonchev–Trinajstić information content (AvgIpc) is 3.15. The first-order chi connectivity index (χ1) is 13.1. The molecule has 1 heterocycles. The second-order valence-corrected chi connectivity index (χ2v) is 9.24. The van der Waals surface area contributed by atoms with Crippen molar-refractivity contribution in [2.75, 3.05) is 13.1 Å². The van der Waals surface area contributed by atoms with E-state index in [4.69, 9.17) is 4.42 Å². The van der Waals surface area contributed by atoms with Gasteiger partial charge in [0, 0.05) is 13.1 Å². The molecule has 0 aliphatic carbocycles. The molecule has 2 N–H and O–H groups in total. The minimum absolute atomic E-state index is 0.135. The Balaban J connectivity index is 2.22. The standard InChI is InChI=1S/C20H26N2O5S/c1-13(2)11-21-19(23)20(24)22-12-18(17-6-5-9-27-17)28(25,26)16-8-7-14(3)15(4)10-16/h5-10,13,18H,11-12H2,1-4H3,(H,21,23)(H,22,24)/t18-/m1/s1. The smallest absolute Gasteiger partial charge is 0.309 e. The van der Waals surface area contributed by atoms with Crippen LogP contribution in [0.5, 0.6) is 0 Å². The number of furan rings is 1. The van der Waals surface area contributed by atoms with E-state index < -0.39 is 26.9 Å². The van der Waals surface area contributed by atoms with E-state index in [1.54, 1.807) is 18.2 Å². The van der Waals surface area contributed by atoms with Crippen LogP contribution in [0.15, 0.2) is 45.9 Å². The van der Waals surface area contributed by atoms with Gasteiger partial charge in [0.15, 0.2) is 9.84 Å². The Morgan fingerprint density at radius 1 is 1.00 bits per heavy atom. The van der Waals surface area contributed by atoms with Crippen molar-refractivity contribution >= 4 is 21.7 Å². The van der Waals surface area contributed by atoms with Gasteiger partial charge in [-0.1, -0.05) is 19.9 Å². The summed E-state index contributed by atoms with van der Waals surface area (Å²) in [6, 6.07) is 7.98. The molecule has 1 atom stereocenters. The number of sulfone groups is 1. The summed E-state index contributed by atoms with van der Waals surface area (Å²) in [7, 11) is -3.85. The summed E-state index contributed by atoms with van der Waals surface area (Å²) in [4.78, 5) is 24.0. The molecular formula is C20H26N2O5S. The molecule has 0 fully saturated rings. The first-order valence-electron chi connectivity index (χ1n) is 9.03. The Kier molecular flexibility index (Phi) is 7.01. The van der Waals surface area contributed by atoms with Crippen LogP contribution in [0.3, 0.4) is 0 Å². The molecule has 0 bridgehead atoms. The number of amides is 2. The lowest BCUT2D eigenvalue weighted by atomic mass is 10.1. The summed E-state index contributed by atoms with van der Waals surface area (Å²) < 4.78 is 31.7. The van der Waals surface area contributed by atoms with Crippen molar-refractivity contribution in [1.29, 1.82) is 0 Å². The number of hydrogen-bond acceptors (Lipinski definition) is 5. The highest BCUT2D eigenvalue weighted by atomic mass is 32.2. The monoisotopic (exact) mass is 406 g/mol. The third-order valence-corrected chi connectivity index (χ3v) is 6.43. The third-order valence-electron chi connectivity index (χ3n) is 4.37. The zero-order valence-corrected chi connectivity index (χ0v) is 17.3. The fraction of sp³-hybridized carbons (Fsp3) is 0.400. The molecule has 7 nitrogen and oxygen atoms in total. The van der Waals surface area contributed by atoms with Crippen molar-refractivity contribution in [1.82, 2.24) is 10.6 Å². The number of nitrogens with one attached hydrogen (secondary N) is 2. The molecule has 2 amide bonds. The van der Waals surface area contributed by atoms with E-state index in [1.807, 2.05) is 27.7 Å². The SMILES string of the molecule is Cc1ccc(S(=O)(=O)[C@H](CNC(=O)C(=O)NCC(C)C)c2ccco2)cc1C. The van der Waals surface area contributed by atoms with Crippen molar-refractivity contribution in [3.8, 4) is 0 Å². The Morgan fingerprint density at radius 3 is 2.18 bits per heavy atom. The Bertz CT molecular complexity index is 934. The number of hydrogen-bond donors (Lipinski definition) is 2. The molecule has 0 unspecified atom stereocenters. The van der Waals surface area contributed by atoms with E-state index >= 15 is 0 Å². The van der Waals surface area contributed by atoms with Gasteiger partial charge in [-0.3, -0.25) is 9.59 Å². The second-order valence-electron chi connectivity index (χ2n) is 7.11. The van der Waals surface area contributed by atoms with Crippen LogP contribution < -0.4 is 10.6 Å². The van der Waals surface area contributed by atoms with E-state index in [1.165, 1.54) is 18.4 Å². The average molecular weight is 407 g/mol. The fourth-order valence-electron chi connectivity index (χ4n) is 2.54. The Morgan fingerprint density at radius 2 is 1.64 bits per heavy atom. The maximum absolute atomic E-state index is 13.2. The van der Waals surface area contributed by atoms with Crippen molar-refractivity contribution < 1.29 is 22.4 Å². The summed E-state index contributed by atoms with van der Waals surface area (Å²) in [5.74, 6) is -1.29. The van der Waals surface area contributed by atoms with E-state index in [-0.39, 0.29) is 23.1 Å². The molecule has 0 spiro atoms. The zero-order chi connectivity index (χ0) is 20.9. The van der Waals surface area contributed by atoms with Crippen molar-refractivity contribution in [3.63, 3.8) is 0 Å². The fourth-order valence-corrected chi connectivity index (χ4v) is 4.21. The van der Waals surface area contributed by atoms with Crippen LogP contribution in [0.4, 0.5) is 0 Å². The number of rotatable bonds is 7. The van der Waals surface area contributed by atoms with Crippen molar-refractivity contribution in [2.45, 2.75) is 37.8 Å². The first-order valence-corrected chi connectivity index (χ1v) is 10.6. The molecule has 0 aliphatic rings. The third kappa shape index (κ3) is 5.22. The minimum Gasteiger partial charge on any atom is -0.468 e. The second kappa shape index (κ2) is 9.05. The van der Waals surface area contributed by atoms with Crippen molar-refractivity contribution in [3.05, 3.63) is 53.5 Å². The van der Waals surface area contributed by atoms with Gasteiger partial charge in [-0.2, -0.15) is 0 Å². The highest BCUT2D eigenvalue weighted by Gasteiger charge is 2.32. The molecule has 28 heavy (non-hydrogen) atoms. The zero-order valence-electron chi connectivity index (χ0n) is 16.5. The van der Waals surface area contributed by atoms with Crippen LogP contribution in [0.2, 0.25) is 0 Å². The molecule has 0 saturated carbocycles. The van der Waals surface area contributed by atoms with Gasteiger partial charge in [0.1, 0.15) is 11.0 Å². The summed E-state index contributed by atoms with van der Waals surface area (Å²) in [6.07, 6.45) is 1.37. The van der Waals surface area contributed by atoms with Crippen LogP contribution in [0.25, 0.3) is 0 Å². The van der Waals surface area contributed by atoms with Gasteiger partial charge in [-0.05, 0) is 55.2 Å². The highest BCUT2D eigenvalue weighted by Crippen LogP contribution is 2.29. The van der Waals surface area contributed by atoms with Gasteiger partial charge >= 0.3 is 11.8 Å². The van der Waals surface area contributed by atoms with Gasteiger partial charge in [0.25, 0.3) is 0 Å². The van der Waals surface area contributed by atoms with E-state index in [0.717, 1.165) is 11.1 Å². The normalized spacial score (nSPS) is 12.6. The number of benzene rings is 1. The summed E-state index contributed by atoms with van der Waals surface area (Å²) in [5.41, 5.74) is 1.82. The van der Waals surface area contributed by atoms with Gasteiger partial charge in [-0.25, -0.2) is 8.42 Å². The van der Waals surface area contributed by atoms with Crippen LogP contribution in [0, 0.1) is 19.8 Å². The molecule has 152 valence electrons. The maximum atomic E-state index is 13.2. The molecule has 8 heteroatoms. The number of carbonyl (C=O) groups excluding carboxylic acids is 2. The van der Waals surface area contributed by atoms with E-state index in [0.29, 0.717) is 6.54 Å². The topological polar surface area (TPSA) is 105 Å². The quantitative estimate of drug-likeness (QED) is 0.687. The molecule has 2 rings (SSSR count). The van der Waals surface area contributed by atoms with Crippen LogP contribution in [0.1, 0.15) is 36.0 Å². The van der Waals surface area contributed by atoms with Gasteiger partial charge < -0.3 is 15.1 Å². The summed E-state index contributed by atoms with van der Waals surface area (Å²) in [6.45, 7) is 7.61. The van der Waals surface area contributed by atoms with Crippen molar-refractivity contribution in [2.24, 2.45) is 5.92 Å². The lowest BCUT2D eigenvalue weighted by Crippen LogP contribution is -2.43. The molecule has 0 aliphatic heterocycles. The molecule has 0 saturated heterocycles. The predicted octanol–water partition coefficient (Wildman–Crippen LogP) is 2.30.